The van der Waals surface area contributed by atoms with E-state index in [-0.39, 0.29) is 23.6 Å². The molecule has 2 N–H and O–H groups in total. The highest BCUT2D eigenvalue weighted by Crippen LogP contribution is 2.30. The van der Waals surface area contributed by atoms with Gasteiger partial charge in [-0.1, -0.05) is 30.3 Å². The number of carbonyl (C=O) groups is 2. The van der Waals surface area contributed by atoms with Gasteiger partial charge in [0.25, 0.3) is 5.91 Å². The van der Waals surface area contributed by atoms with Crippen LogP contribution in [0.2, 0.25) is 0 Å². The van der Waals surface area contributed by atoms with Crippen LogP contribution in [-0.2, 0) is 17.4 Å². The van der Waals surface area contributed by atoms with Gasteiger partial charge in [-0.25, -0.2) is 4.68 Å². The van der Waals surface area contributed by atoms with Gasteiger partial charge < -0.3 is 10.6 Å². The molecule has 0 atom stereocenters. The standard InChI is InChI=1S/C25H19F3N4O2/c26-25(27,28)19-7-5-9-21(14-19)31-24(34)18-6-4-8-20(13-18)30-23(33)12-17-15-29-32(16-17)22-10-2-1-3-11-22/h1-11,13-16H,12H2,(H,30,33)(H,31,34). The Labute approximate surface area is 193 Å². The maximum atomic E-state index is 12.9. The molecule has 2 amide bonds. The Kier molecular flexibility index (Phi) is 6.44. The number of halogens is 3. The van der Waals surface area contributed by atoms with E-state index in [1.54, 1.807) is 29.2 Å². The summed E-state index contributed by atoms with van der Waals surface area (Å²) in [5.41, 5.74) is 1.31. The van der Waals surface area contributed by atoms with Crippen molar-refractivity contribution in [2.24, 2.45) is 0 Å². The van der Waals surface area contributed by atoms with Crippen LogP contribution in [0.1, 0.15) is 21.5 Å². The lowest BCUT2D eigenvalue weighted by Crippen LogP contribution is -2.16. The lowest BCUT2D eigenvalue weighted by molar-refractivity contribution is -0.137. The summed E-state index contributed by atoms with van der Waals surface area (Å²) in [5.74, 6) is -0.900. The third kappa shape index (κ3) is 5.69. The average molecular weight is 464 g/mol. The molecule has 9 heteroatoms. The average Bonchev–Trinajstić information content (AvgIpc) is 3.28. The minimum Gasteiger partial charge on any atom is -0.326 e. The number of nitrogens with one attached hydrogen (secondary N) is 2. The van der Waals surface area contributed by atoms with Gasteiger partial charge in [0.1, 0.15) is 0 Å². The summed E-state index contributed by atoms with van der Waals surface area (Å²) in [6.07, 6.45) is -1.07. The molecular weight excluding hydrogens is 445 g/mol. The summed E-state index contributed by atoms with van der Waals surface area (Å²) in [6, 6.07) is 20.0. The Morgan fingerprint density at radius 2 is 1.56 bits per heavy atom. The minimum absolute atomic E-state index is 0.0182. The molecular formula is C25H19F3N4O2. The van der Waals surface area contributed by atoms with Crippen LogP contribution in [0.5, 0.6) is 0 Å². The molecule has 0 saturated carbocycles. The van der Waals surface area contributed by atoms with Gasteiger partial charge in [0.2, 0.25) is 5.91 Å². The largest absolute Gasteiger partial charge is 0.416 e. The highest BCUT2D eigenvalue weighted by molar-refractivity contribution is 6.05. The smallest absolute Gasteiger partial charge is 0.326 e. The van der Waals surface area contributed by atoms with Crippen molar-refractivity contribution >= 4 is 23.2 Å². The molecule has 4 aromatic rings. The number of anilines is 2. The topological polar surface area (TPSA) is 76.0 Å². The van der Waals surface area contributed by atoms with Crippen molar-refractivity contribution in [1.29, 1.82) is 0 Å². The third-order valence-corrected chi connectivity index (χ3v) is 4.88. The molecule has 0 aliphatic rings. The van der Waals surface area contributed by atoms with Crippen molar-refractivity contribution in [3.05, 3.63) is 108 Å². The second-order valence-corrected chi connectivity index (χ2v) is 7.47. The lowest BCUT2D eigenvalue weighted by atomic mass is 10.1. The van der Waals surface area contributed by atoms with Gasteiger partial charge in [0.05, 0.1) is 23.9 Å². The van der Waals surface area contributed by atoms with Gasteiger partial charge in [0.15, 0.2) is 0 Å². The van der Waals surface area contributed by atoms with E-state index in [4.69, 9.17) is 0 Å². The Morgan fingerprint density at radius 3 is 2.29 bits per heavy atom. The van der Waals surface area contributed by atoms with E-state index in [1.807, 2.05) is 30.3 Å². The van der Waals surface area contributed by atoms with Crippen molar-refractivity contribution in [3.8, 4) is 5.69 Å². The molecule has 6 nitrogen and oxygen atoms in total. The van der Waals surface area contributed by atoms with Crippen LogP contribution >= 0.6 is 0 Å². The maximum absolute atomic E-state index is 12.9. The molecule has 0 fully saturated rings. The number of amides is 2. The molecule has 172 valence electrons. The fourth-order valence-corrected chi connectivity index (χ4v) is 3.28. The summed E-state index contributed by atoms with van der Waals surface area (Å²) in [5, 5.41) is 9.43. The predicted octanol–water partition coefficient (Wildman–Crippen LogP) is 5.32. The first-order valence-corrected chi connectivity index (χ1v) is 10.3. The second kappa shape index (κ2) is 9.62. The van der Waals surface area contributed by atoms with Crippen molar-refractivity contribution in [2.75, 3.05) is 10.6 Å². The molecule has 1 heterocycles. The van der Waals surface area contributed by atoms with Crippen LogP contribution < -0.4 is 10.6 Å². The van der Waals surface area contributed by atoms with E-state index in [0.717, 1.165) is 17.8 Å². The quantitative estimate of drug-likeness (QED) is 0.405. The van der Waals surface area contributed by atoms with E-state index in [9.17, 15) is 22.8 Å². The number of rotatable bonds is 6. The zero-order valence-corrected chi connectivity index (χ0v) is 17.7. The summed E-state index contributed by atoms with van der Waals surface area (Å²) in [7, 11) is 0. The first-order valence-electron chi connectivity index (χ1n) is 10.3. The van der Waals surface area contributed by atoms with Crippen molar-refractivity contribution in [1.82, 2.24) is 9.78 Å². The third-order valence-electron chi connectivity index (χ3n) is 4.88. The van der Waals surface area contributed by atoms with Crippen LogP contribution in [0.4, 0.5) is 24.5 Å². The summed E-state index contributed by atoms with van der Waals surface area (Å²) in [4.78, 5) is 25.0. The molecule has 0 saturated heterocycles. The molecule has 0 bridgehead atoms. The first kappa shape index (κ1) is 22.8. The summed E-state index contributed by atoms with van der Waals surface area (Å²) < 4.78 is 40.3. The van der Waals surface area contributed by atoms with E-state index in [1.165, 1.54) is 24.3 Å². The molecule has 0 aliphatic heterocycles. The van der Waals surface area contributed by atoms with Gasteiger partial charge in [0, 0.05) is 23.1 Å². The van der Waals surface area contributed by atoms with Gasteiger partial charge in [-0.3, -0.25) is 9.59 Å². The number of nitrogens with zero attached hydrogens (tertiary/aromatic N) is 2. The van der Waals surface area contributed by atoms with Crippen LogP contribution in [0.3, 0.4) is 0 Å². The molecule has 1 aromatic heterocycles. The SMILES string of the molecule is O=C(Cc1cnn(-c2ccccc2)c1)Nc1cccc(C(=O)Nc2cccc(C(F)(F)F)c2)c1. The zero-order chi connectivity index (χ0) is 24.1. The van der Waals surface area contributed by atoms with E-state index >= 15 is 0 Å². The van der Waals surface area contributed by atoms with E-state index in [2.05, 4.69) is 15.7 Å². The van der Waals surface area contributed by atoms with Crippen LogP contribution in [0.15, 0.2) is 91.3 Å². The van der Waals surface area contributed by atoms with Gasteiger partial charge in [-0.05, 0) is 54.1 Å². The Morgan fingerprint density at radius 1 is 0.853 bits per heavy atom. The maximum Gasteiger partial charge on any atom is 0.416 e. The molecule has 4 rings (SSSR count). The van der Waals surface area contributed by atoms with Crippen molar-refractivity contribution in [2.45, 2.75) is 12.6 Å². The highest BCUT2D eigenvalue weighted by atomic mass is 19.4. The Balaban J connectivity index is 1.39. The van der Waals surface area contributed by atoms with E-state index < -0.39 is 17.6 Å². The van der Waals surface area contributed by atoms with Gasteiger partial charge in [-0.2, -0.15) is 18.3 Å². The number of hydrogen-bond donors (Lipinski definition) is 2. The normalized spacial score (nSPS) is 11.1. The molecule has 3 aromatic carbocycles. The fraction of sp³-hybridized carbons (Fsp3) is 0.0800. The summed E-state index contributed by atoms with van der Waals surface area (Å²) >= 11 is 0. The number of benzene rings is 3. The zero-order valence-electron chi connectivity index (χ0n) is 17.7. The number of carbonyl (C=O) groups excluding carboxylic acids is 2. The van der Waals surface area contributed by atoms with Crippen LogP contribution in [0.25, 0.3) is 5.69 Å². The second-order valence-electron chi connectivity index (χ2n) is 7.47. The van der Waals surface area contributed by atoms with Gasteiger partial charge in [-0.15, -0.1) is 0 Å². The number of aromatic nitrogens is 2. The van der Waals surface area contributed by atoms with E-state index in [0.29, 0.717) is 11.3 Å². The van der Waals surface area contributed by atoms with Crippen molar-refractivity contribution in [3.63, 3.8) is 0 Å². The summed E-state index contributed by atoms with van der Waals surface area (Å²) in [6.45, 7) is 0. The number of alkyl halides is 3. The predicted molar refractivity (Wildman–Crippen MR) is 122 cm³/mol. The number of para-hydroxylation sites is 1. The monoisotopic (exact) mass is 464 g/mol. The molecule has 0 radical (unpaired) electrons. The number of hydrogen-bond acceptors (Lipinski definition) is 3. The lowest BCUT2D eigenvalue weighted by Gasteiger charge is -2.11. The minimum atomic E-state index is -4.51. The Hall–Kier alpha value is -4.40. The Bertz CT molecular complexity index is 1320. The first-order chi connectivity index (χ1) is 16.3. The van der Waals surface area contributed by atoms with Crippen LogP contribution in [-0.4, -0.2) is 21.6 Å². The van der Waals surface area contributed by atoms with Gasteiger partial charge >= 0.3 is 6.18 Å². The fourth-order valence-electron chi connectivity index (χ4n) is 3.28. The molecule has 0 spiro atoms. The van der Waals surface area contributed by atoms with Crippen LogP contribution in [0, 0.1) is 0 Å². The highest BCUT2D eigenvalue weighted by Gasteiger charge is 2.30. The molecule has 0 unspecified atom stereocenters. The molecule has 0 aliphatic carbocycles. The van der Waals surface area contributed by atoms with Crippen molar-refractivity contribution < 1.29 is 22.8 Å². The molecule has 34 heavy (non-hydrogen) atoms.